The first-order valence-electron chi connectivity index (χ1n) is 6.46. The molecule has 2 unspecified atom stereocenters. The summed E-state index contributed by atoms with van der Waals surface area (Å²) in [5, 5.41) is 9.31. The highest BCUT2D eigenvalue weighted by atomic mass is 32.2. The average molecular weight is 278 g/mol. The van der Waals surface area contributed by atoms with E-state index in [1.165, 1.54) is 11.4 Å². The molecule has 0 aromatic carbocycles. The van der Waals surface area contributed by atoms with Crippen molar-refractivity contribution in [3.63, 3.8) is 0 Å². The van der Waals surface area contributed by atoms with Crippen molar-refractivity contribution in [1.82, 2.24) is 8.61 Å². The fourth-order valence-corrected chi connectivity index (χ4v) is 4.29. The molecular formula is C12H26N2O3S. The Labute approximate surface area is 111 Å². The molecule has 1 saturated heterocycles. The van der Waals surface area contributed by atoms with Crippen molar-refractivity contribution in [1.29, 1.82) is 0 Å². The van der Waals surface area contributed by atoms with Gasteiger partial charge in [-0.3, -0.25) is 0 Å². The molecule has 18 heavy (non-hydrogen) atoms. The molecule has 1 aliphatic heterocycles. The Morgan fingerprint density at radius 3 is 2.11 bits per heavy atom. The van der Waals surface area contributed by atoms with E-state index in [1.807, 2.05) is 0 Å². The maximum Gasteiger partial charge on any atom is 0.282 e. The Morgan fingerprint density at radius 1 is 1.28 bits per heavy atom. The monoisotopic (exact) mass is 278 g/mol. The van der Waals surface area contributed by atoms with Crippen LogP contribution in [-0.2, 0) is 10.2 Å². The third-order valence-electron chi connectivity index (χ3n) is 3.75. The average Bonchev–Trinajstić information content (AvgIpc) is 2.26. The quantitative estimate of drug-likeness (QED) is 0.831. The standard InChI is InChI=1S/C12H26N2O3S/c1-10-6-11(2)8-14(7-10)18(16,17)13(5)12(3,4)9-15/h10-11,15H,6-9H2,1-5H3. The lowest BCUT2D eigenvalue weighted by Crippen LogP contribution is -2.55. The lowest BCUT2D eigenvalue weighted by atomic mass is 9.94. The van der Waals surface area contributed by atoms with E-state index in [9.17, 15) is 13.5 Å². The maximum atomic E-state index is 12.5. The molecule has 1 fully saturated rings. The van der Waals surface area contributed by atoms with Gasteiger partial charge in [-0.25, -0.2) is 0 Å². The van der Waals surface area contributed by atoms with Gasteiger partial charge in [-0.1, -0.05) is 13.8 Å². The van der Waals surface area contributed by atoms with Gasteiger partial charge in [-0.15, -0.1) is 0 Å². The van der Waals surface area contributed by atoms with E-state index in [4.69, 9.17) is 0 Å². The molecule has 1 aliphatic rings. The van der Waals surface area contributed by atoms with E-state index in [0.29, 0.717) is 24.9 Å². The Bertz CT molecular complexity index is 371. The lowest BCUT2D eigenvalue weighted by Gasteiger charge is -2.40. The van der Waals surface area contributed by atoms with E-state index >= 15 is 0 Å². The molecule has 0 aromatic rings. The molecule has 2 atom stereocenters. The smallest absolute Gasteiger partial charge is 0.282 e. The van der Waals surface area contributed by atoms with Gasteiger partial charge in [-0.05, 0) is 32.1 Å². The molecule has 6 heteroatoms. The summed E-state index contributed by atoms with van der Waals surface area (Å²) in [7, 11) is -1.95. The van der Waals surface area contributed by atoms with Crippen LogP contribution in [0.5, 0.6) is 0 Å². The highest BCUT2D eigenvalue weighted by molar-refractivity contribution is 7.86. The number of rotatable bonds is 4. The summed E-state index contributed by atoms with van der Waals surface area (Å²) < 4.78 is 27.9. The molecule has 0 amide bonds. The van der Waals surface area contributed by atoms with E-state index in [1.54, 1.807) is 18.2 Å². The molecule has 108 valence electrons. The highest BCUT2D eigenvalue weighted by Gasteiger charge is 2.39. The Balaban J connectivity index is 2.92. The Hall–Kier alpha value is -0.170. The Morgan fingerprint density at radius 2 is 1.72 bits per heavy atom. The number of likely N-dealkylation sites (N-methyl/N-ethyl adjacent to an activating group) is 1. The van der Waals surface area contributed by atoms with Crippen LogP contribution >= 0.6 is 0 Å². The number of aliphatic hydroxyl groups excluding tert-OH is 1. The number of hydrogen-bond donors (Lipinski definition) is 1. The second kappa shape index (κ2) is 5.45. The summed E-state index contributed by atoms with van der Waals surface area (Å²) in [6.45, 7) is 8.55. The summed E-state index contributed by atoms with van der Waals surface area (Å²) >= 11 is 0. The van der Waals surface area contributed by atoms with Crippen molar-refractivity contribution in [3.8, 4) is 0 Å². The van der Waals surface area contributed by atoms with Crippen LogP contribution in [0.2, 0.25) is 0 Å². The van der Waals surface area contributed by atoms with Crippen molar-refractivity contribution >= 4 is 10.2 Å². The summed E-state index contributed by atoms with van der Waals surface area (Å²) in [5.74, 6) is 0.767. The van der Waals surface area contributed by atoms with Crippen molar-refractivity contribution < 1.29 is 13.5 Å². The molecule has 1 N–H and O–H groups in total. The van der Waals surface area contributed by atoms with Crippen LogP contribution in [0.3, 0.4) is 0 Å². The summed E-state index contributed by atoms with van der Waals surface area (Å²) in [6, 6.07) is 0. The first-order valence-corrected chi connectivity index (χ1v) is 7.86. The normalized spacial score (nSPS) is 27.7. The largest absolute Gasteiger partial charge is 0.394 e. The number of aliphatic hydroxyl groups is 1. The van der Waals surface area contributed by atoms with Gasteiger partial charge in [-0.2, -0.15) is 17.0 Å². The van der Waals surface area contributed by atoms with Gasteiger partial charge in [0.05, 0.1) is 12.1 Å². The molecule has 0 radical (unpaired) electrons. The summed E-state index contributed by atoms with van der Waals surface area (Å²) in [5.41, 5.74) is -0.775. The van der Waals surface area contributed by atoms with E-state index in [2.05, 4.69) is 13.8 Å². The minimum atomic E-state index is -3.49. The minimum absolute atomic E-state index is 0.193. The van der Waals surface area contributed by atoms with Crippen LogP contribution in [0.25, 0.3) is 0 Å². The molecular weight excluding hydrogens is 252 g/mol. The lowest BCUT2D eigenvalue weighted by molar-refractivity contribution is 0.125. The van der Waals surface area contributed by atoms with Gasteiger partial charge in [0.25, 0.3) is 10.2 Å². The van der Waals surface area contributed by atoms with Gasteiger partial charge in [0, 0.05) is 20.1 Å². The first kappa shape index (κ1) is 15.9. The SMILES string of the molecule is CC1CC(C)CN(S(=O)(=O)N(C)C(C)(C)CO)C1. The number of piperidine rings is 1. The zero-order chi connectivity index (χ0) is 14.1. The molecule has 0 saturated carbocycles. The zero-order valence-corrected chi connectivity index (χ0v) is 12.9. The molecule has 1 rings (SSSR count). The molecule has 0 aromatic heterocycles. The van der Waals surface area contributed by atoms with Crippen LogP contribution < -0.4 is 0 Å². The van der Waals surface area contributed by atoms with Gasteiger partial charge < -0.3 is 5.11 Å². The maximum absolute atomic E-state index is 12.5. The fourth-order valence-electron chi connectivity index (χ4n) is 2.38. The number of nitrogens with zero attached hydrogens (tertiary/aromatic N) is 2. The second-order valence-electron chi connectivity index (χ2n) is 6.21. The third-order valence-corrected chi connectivity index (χ3v) is 5.88. The van der Waals surface area contributed by atoms with E-state index in [-0.39, 0.29) is 6.61 Å². The van der Waals surface area contributed by atoms with Crippen molar-refractivity contribution in [2.45, 2.75) is 39.7 Å². The van der Waals surface area contributed by atoms with Crippen LogP contribution in [-0.4, -0.2) is 54.4 Å². The second-order valence-corrected chi connectivity index (χ2v) is 8.17. The van der Waals surface area contributed by atoms with Crippen molar-refractivity contribution in [2.75, 3.05) is 26.7 Å². The predicted molar refractivity (Wildman–Crippen MR) is 72.4 cm³/mol. The molecule has 0 bridgehead atoms. The van der Waals surface area contributed by atoms with Crippen molar-refractivity contribution in [2.24, 2.45) is 11.8 Å². The van der Waals surface area contributed by atoms with Crippen LogP contribution in [0.4, 0.5) is 0 Å². The summed E-state index contributed by atoms with van der Waals surface area (Å²) in [6.07, 6.45) is 1.07. The van der Waals surface area contributed by atoms with Crippen molar-refractivity contribution in [3.05, 3.63) is 0 Å². The molecule has 1 heterocycles. The molecule has 0 aliphatic carbocycles. The van der Waals surface area contributed by atoms with Gasteiger partial charge in [0.1, 0.15) is 0 Å². The van der Waals surface area contributed by atoms with Crippen LogP contribution in [0.15, 0.2) is 0 Å². The highest BCUT2D eigenvalue weighted by Crippen LogP contribution is 2.26. The topological polar surface area (TPSA) is 60.9 Å². The first-order chi connectivity index (χ1) is 8.11. The minimum Gasteiger partial charge on any atom is -0.394 e. The zero-order valence-electron chi connectivity index (χ0n) is 12.0. The molecule has 0 spiro atoms. The van der Waals surface area contributed by atoms with E-state index in [0.717, 1.165) is 6.42 Å². The van der Waals surface area contributed by atoms with Crippen LogP contribution in [0, 0.1) is 11.8 Å². The van der Waals surface area contributed by atoms with Gasteiger partial charge in [0.2, 0.25) is 0 Å². The number of hydrogen-bond acceptors (Lipinski definition) is 3. The predicted octanol–water partition coefficient (Wildman–Crippen LogP) is 0.912. The fraction of sp³-hybridized carbons (Fsp3) is 1.00. The van der Waals surface area contributed by atoms with Gasteiger partial charge in [0.15, 0.2) is 0 Å². The Kier molecular flexibility index (Phi) is 4.81. The van der Waals surface area contributed by atoms with Gasteiger partial charge >= 0.3 is 0 Å². The van der Waals surface area contributed by atoms with E-state index < -0.39 is 15.7 Å². The summed E-state index contributed by atoms with van der Waals surface area (Å²) in [4.78, 5) is 0. The van der Waals surface area contributed by atoms with Crippen LogP contribution in [0.1, 0.15) is 34.1 Å². The molecule has 5 nitrogen and oxygen atoms in total. The third kappa shape index (κ3) is 3.23.